The van der Waals surface area contributed by atoms with Crippen LogP contribution < -0.4 is 0 Å². The first-order valence-corrected chi connectivity index (χ1v) is 3.10. The molecular weight excluding hydrogens is 147 g/mol. The summed E-state index contributed by atoms with van der Waals surface area (Å²) in [5.41, 5.74) is 0.405. The molecule has 0 aliphatic rings. The highest BCUT2D eigenvalue weighted by Gasteiger charge is 2.03. The van der Waals surface area contributed by atoms with Crippen molar-refractivity contribution in [3.8, 4) is 5.88 Å². The molecule has 0 bridgehead atoms. The lowest BCUT2D eigenvalue weighted by Gasteiger charge is -1.94. The first-order chi connectivity index (χ1) is 5.29. The van der Waals surface area contributed by atoms with Crippen LogP contribution in [0.5, 0.6) is 5.88 Å². The highest BCUT2D eigenvalue weighted by atomic mass is 19.1. The summed E-state index contributed by atoms with van der Waals surface area (Å²) in [4.78, 5) is 3.75. The Hall–Kier alpha value is -1.58. The van der Waals surface area contributed by atoms with Crippen molar-refractivity contribution in [3.63, 3.8) is 0 Å². The molecule has 4 heteroatoms. The molecule has 0 radical (unpaired) electrons. The minimum absolute atomic E-state index is 0.182. The third-order valence-corrected chi connectivity index (χ3v) is 1.46. The van der Waals surface area contributed by atoms with Crippen LogP contribution in [-0.4, -0.2) is 14.5 Å². The summed E-state index contributed by atoms with van der Waals surface area (Å²) in [6.45, 7) is 0. The third kappa shape index (κ3) is 0.756. The molecule has 3 nitrogen and oxygen atoms in total. The minimum Gasteiger partial charge on any atom is -0.493 e. The maximum Gasteiger partial charge on any atom is 0.218 e. The van der Waals surface area contributed by atoms with E-state index in [4.69, 9.17) is 5.11 Å². The van der Waals surface area contributed by atoms with Crippen LogP contribution in [-0.2, 0) is 0 Å². The average molecular weight is 152 g/mol. The van der Waals surface area contributed by atoms with Gasteiger partial charge in [0.15, 0.2) is 0 Å². The highest BCUT2D eigenvalue weighted by Crippen LogP contribution is 2.13. The van der Waals surface area contributed by atoms with Crippen LogP contribution in [0.25, 0.3) is 5.65 Å². The molecule has 2 aromatic heterocycles. The van der Waals surface area contributed by atoms with Crippen LogP contribution in [0.2, 0.25) is 0 Å². The van der Waals surface area contributed by atoms with Crippen molar-refractivity contribution in [2.24, 2.45) is 0 Å². The first kappa shape index (κ1) is 6.15. The van der Waals surface area contributed by atoms with Gasteiger partial charge in [0.25, 0.3) is 0 Å². The molecule has 0 saturated heterocycles. The van der Waals surface area contributed by atoms with Crippen molar-refractivity contribution in [3.05, 3.63) is 30.3 Å². The van der Waals surface area contributed by atoms with Crippen molar-refractivity contribution < 1.29 is 9.50 Å². The lowest BCUT2D eigenvalue weighted by atomic mass is 10.5. The molecule has 0 atom stereocenters. The molecule has 11 heavy (non-hydrogen) atoms. The number of hydrogen-bond donors (Lipinski definition) is 1. The van der Waals surface area contributed by atoms with Gasteiger partial charge < -0.3 is 5.11 Å². The maximum absolute atomic E-state index is 12.8. The number of rotatable bonds is 0. The summed E-state index contributed by atoms with van der Waals surface area (Å²) in [5.74, 6) is -0.699. The van der Waals surface area contributed by atoms with E-state index in [1.807, 2.05) is 0 Å². The van der Waals surface area contributed by atoms with E-state index in [2.05, 4.69) is 4.98 Å². The van der Waals surface area contributed by atoms with E-state index in [9.17, 15) is 4.39 Å². The molecular formula is C7H5FN2O. The summed E-state index contributed by atoms with van der Waals surface area (Å²) in [7, 11) is 0. The van der Waals surface area contributed by atoms with Crippen LogP contribution >= 0.6 is 0 Å². The molecule has 0 fully saturated rings. The standard InChI is InChI=1S/C7H5FN2O/c8-5-2-1-3-6-9-4-7(11)10(5)6/h1-4,11H. The SMILES string of the molecule is Oc1cnc2cccc(F)n12. The highest BCUT2D eigenvalue weighted by molar-refractivity contribution is 5.41. The number of fused-ring (bicyclic) bond motifs is 1. The summed E-state index contributed by atoms with van der Waals surface area (Å²) in [5, 5.41) is 9.05. The molecule has 2 rings (SSSR count). The van der Waals surface area contributed by atoms with Crippen LogP contribution in [0.1, 0.15) is 0 Å². The Morgan fingerprint density at radius 3 is 3.00 bits per heavy atom. The monoisotopic (exact) mass is 152 g/mol. The number of halogens is 1. The van der Waals surface area contributed by atoms with E-state index in [1.54, 1.807) is 6.07 Å². The van der Waals surface area contributed by atoms with Gasteiger partial charge in [0, 0.05) is 0 Å². The van der Waals surface area contributed by atoms with E-state index >= 15 is 0 Å². The summed E-state index contributed by atoms with van der Waals surface area (Å²) in [6.07, 6.45) is 1.21. The average Bonchev–Trinajstić information content (AvgIpc) is 2.34. The van der Waals surface area contributed by atoms with Crippen LogP contribution in [0.4, 0.5) is 4.39 Å². The van der Waals surface area contributed by atoms with Crippen LogP contribution in [0.15, 0.2) is 24.4 Å². The Bertz CT molecular complexity index is 396. The van der Waals surface area contributed by atoms with Gasteiger partial charge in [-0.05, 0) is 12.1 Å². The number of pyridine rings is 1. The fraction of sp³-hybridized carbons (Fsp3) is 0. The van der Waals surface area contributed by atoms with Crippen molar-refractivity contribution in [2.45, 2.75) is 0 Å². The van der Waals surface area contributed by atoms with E-state index in [0.717, 1.165) is 4.40 Å². The normalized spacial score (nSPS) is 10.6. The summed E-state index contributed by atoms with van der Waals surface area (Å²) < 4.78 is 13.9. The maximum atomic E-state index is 12.8. The Kier molecular flexibility index (Phi) is 1.09. The molecule has 0 aliphatic carbocycles. The second kappa shape index (κ2) is 1.95. The number of hydrogen-bond acceptors (Lipinski definition) is 2. The number of imidazole rings is 1. The number of nitrogens with zero attached hydrogens (tertiary/aromatic N) is 2. The van der Waals surface area contributed by atoms with Crippen LogP contribution in [0.3, 0.4) is 0 Å². The summed E-state index contributed by atoms with van der Waals surface area (Å²) >= 11 is 0. The molecule has 56 valence electrons. The minimum atomic E-state index is -0.516. The molecule has 1 N–H and O–H groups in total. The Balaban J connectivity index is 2.96. The van der Waals surface area contributed by atoms with Gasteiger partial charge in [-0.3, -0.25) is 0 Å². The van der Waals surface area contributed by atoms with E-state index in [-0.39, 0.29) is 5.88 Å². The van der Waals surface area contributed by atoms with Gasteiger partial charge in [-0.15, -0.1) is 0 Å². The van der Waals surface area contributed by atoms with E-state index in [0.29, 0.717) is 5.65 Å². The van der Waals surface area contributed by atoms with Gasteiger partial charge in [-0.1, -0.05) is 6.07 Å². The molecule has 0 aromatic carbocycles. The first-order valence-electron chi connectivity index (χ1n) is 3.10. The van der Waals surface area contributed by atoms with Gasteiger partial charge >= 0.3 is 0 Å². The predicted molar refractivity (Wildman–Crippen MR) is 36.8 cm³/mol. The number of aromatic nitrogens is 2. The molecule has 0 aliphatic heterocycles. The quantitative estimate of drug-likeness (QED) is 0.575. The predicted octanol–water partition coefficient (Wildman–Crippen LogP) is 1.18. The van der Waals surface area contributed by atoms with Gasteiger partial charge in [-0.25, -0.2) is 9.38 Å². The molecule has 2 heterocycles. The van der Waals surface area contributed by atoms with Gasteiger partial charge in [0.1, 0.15) is 5.65 Å². The Labute approximate surface area is 61.7 Å². The second-order valence-corrected chi connectivity index (χ2v) is 2.16. The largest absolute Gasteiger partial charge is 0.493 e. The van der Waals surface area contributed by atoms with E-state index < -0.39 is 5.95 Å². The molecule has 0 spiro atoms. The van der Waals surface area contributed by atoms with Crippen molar-refractivity contribution in [1.29, 1.82) is 0 Å². The molecule has 0 unspecified atom stereocenters. The van der Waals surface area contributed by atoms with Crippen molar-refractivity contribution >= 4 is 5.65 Å². The fourth-order valence-corrected chi connectivity index (χ4v) is 0.981. The van der Waals surface area contributed by atoms with Crippen LogP contribution in [0, 0.1) is 5.95 Å². The fourth-order valence-electron chi connectivity index (χ4n) is 0.981. The van der Waals surface area contributed by atoms with Gasteiger partial charge in [0.05, 0.1) is 6.20 Å². The second-order valence-electron chi connectivity index (χ2n) is 2.16. The summed E-state index contributed by atoms with van der Waals surface area (Å²) in [6, 6.07) is 4.41. The zero-order valence-electron chi connectivity index (χ0n) is 5.53. The van der Waals surface area contributed by atoms with Crippen molar-refractivity contribution in [2.75, 3.05) is 0 Å². The zero-order valence-corrected chi connectivity index (χ0v) is 5.53. The zero-order chi connectivity index (χ0) is 7.84. The Morgan fingerprint density at radius 1 is 1.45 bits per heavy atom. The molecule has 0 saturated carbocycles. The topological polar surface area (TPSA) is 37.5 Å². The third-order valence-electron chi connectivity index (χ3n) is 1.46. The van der Waals surface area contributed by atoms with E-state index in [1.165, 1.54) is 18.3 Å². The lowest BCUT2D eigenvalue weighted by Crippen LogP contribution is -1.89. The van der Waals surface area contributed by atoms with Gasteiger partial charge in [0.2, 0.25) is 11.8 Å². The Morgan fingerprint density at radius 2 is 2.27 bits per heavy atom. The molecule has 2 aromatic rings. The lowest BCUT2D eigenvalue weighted by molar-refractivity contribution is 0.428. The van der Waals surface area contributed by atoms with Crippen molar-refractivity contribution in [1.82, 2.24) is 9.38 Å². The smallest absolute Gasteiger partial charge is 0.218 e. The molecule has 0 amide bonds. The number of aromatic hydroxyl groups is 1. The van der Waals surface area contributed by atoms with Gasteiger partial charge in [-0.2, -0.15) is 4.39 Å².